The van der Waals surface area contributed by atoms with Gasteiger partial charge >= 0.3 is 0 Å². The summed E-state index contributed by atoms with van der Waals surface area (Å²) in [4.78, 5) is 0. The monoisotopic (exact) mass is 154 g/mol. The maximum Gasteiger partial charge on any atom is 0.197 e. The fourth-order valence-corrected chi connectivity index (χ4v) is 0. The first kappa shape index (κ1) is 17.7. The molecule has 0 saturated heterocycles. The van der Waals surface area contributed by atoms with Crippen molar-refractivity contribution < 1.29 is 24.9 Å². The minimum Gasteiger partial charge on any atom is -0.197 e. The molecule has 0 saturated carbocycles. The van der Waals surface area contributed by atoms with Gasteiger partial charge in [-0.1, -0.05) is 0 Å². The molecule has 5 heteroatoms. The molecule has 0 radical (unpaired) electrons. The zero-order chi connectivity index (χ0) is 4.00. The van der Waals surface area contributed by atoms with Gasteiger partial charge in [-0.2, -0.15) is 8.42 Å². The van der Waals surface area contributed by atoms with Crippen molar-refractivity contribution >= 4 is 25.1 Å². The Balaban J connectivity index is -0.0000000133. The Morgan fingerprint density at radius 3 is 0.800 bits per heavy atom. The molecule has 0 spiro atoms. The first-order valence-electron chi connectivity index (χ1n) is 0.333. The van der Waals surface area contributed by atoms with Crippen molar-refractivity contribution in [3.8, 4) is 0 Å². The first-order chi connectivity index (χ1) is 2.00. The average Bonchev–Trinajstić information content (AvgIpc) is 1.50. The summed E-state index contributed by atoms with van der Waals surface area (Å²) in [5.74, 6) is 0. The van der Waals surface area contributed by atoms with E-state index in [0.29, 0.717) is 0 Å². The third-order valence-corrected chi connectivity index (χ3v) is 0. The maximum absolute atomic E-state index is 7.83. The molecule has 0 unspecified atom stereocenters. The van der Waals surface area contributed by atoms with E-state index in [0.717, 1.165) is 0 Å². The Morgan fingerprint density at radius 1 is 0.800 bits per heavy atom. The molecule has 0 aromatic carbocycles. The Labute approximate surface area is 50.3 Å². The quantitative estimate of drug-likeness (QED) is 0.434. The molecule has 0 heterocycles. The molecule has 0 rings (SSSR count). The van der Waals surface area contributed by atoms with Crippen molar-refractivity contribution in [2.45, 2.75) is 0 Å². The van der Waals surface area contributed by atoms with Crippen LogP contribution in [0.1, 0.15) is 0 Å². The summed E-state index contributed by atoms with van der Waals surface area (Å²) in [5.41, 5.74) is 0. The van der Waals surface area contributed by atoms with Crippen molar-refractivity contribution in [2.75, 3.05) is 0 Å². The molecule has 0 bridgehead atoms. The van der Waals surface area contributed by atoms with Crippen LogP contribution in [0.4, 0.5) is 0 Å². The molecule has 0 aromatic heterocycles. The van der Waals surface area contributed by atoms with Crippen LogP contribution in [0, 0.1) is 0 Å². The van der Waals surface area contributed by atoms with Crippen LogP contribution in [-0.2, 0) is 41.6 Å². The van der Waals surface area contributed by atoms with Gasteiger partial charge in [0.25, 0.3) is 0 Å². The van der Waals surface area contributed by atoms with Crippen LogP contribution in [0.3, 0.4) is 0 Å². The van der Waals surface area contributed by atoms with E-state index in [9.17, 15) is 0 Å². The predicted molar refractivity (Wildman–Crippen MR) is 16.3 cm³/mol. The van der Waals surface area contributed by atoms with E-state index in [1.54, 1.807) is 0 Å². The van der Waals surface area contributed by atoms with E-state index in [1.807, 2.05) is 0 Å². The van der Waals surface area contributed by atoms with Gasteiger partial charge in [-0.25, -0.2) is 0 Å². The molecular weight excluding hydrogens is 155 g/mol. The largest absolute Gasteiger partial charge is 0.197 e. The Hall–Kier alpha value is 0.534. The molecule has 0 aliphatic heterocycles. The third-order valence-electron chi connectivity index (χ3n) is 0. The van der Waals surface area contributed by atoms with Crippen molar-refractivity contribution in [1.29, 1.82) is 0 Å². The molecular formula is NiO2S2. The summed E-state index contributed by atoms with van der Waals surface area (Å²) < 4.78 is 15.7. The third kappa shape index (κ3) is 102. The van der Waals surface area contributed by atoms with Gasteiger partial charge in [0.05, 0.1) is 0 Å². The van der Waals surface area contributed by atoms with Gasteiger partial charge < -0.3 is 0 Å². The second-order valence-corrected chi connectivity index (χ2v) is 0. The fourth-order valence-electron chi connectivity index (χ4n) is 0. The zero-order valence-electron chi connectivity index (χ0n) is 1.95. The van der Waals surface area contributed by atoms with E-state index >= 15 is 0 Å². The summed E-state index contributed by atoms with van der Waals surface area (Å²) in [6.07, 6.45) is 0. The van der Waals surface area contributed by atoms with E-state index in [4.69, 9.17) is 8.42 Å². The Bertz CT molecular complexity index is 9.61. The van der Waals surface area contributed by atoms with Gasteiger partial charge in [-0.3, -0.25) is 0 Å². The molecule has 34 valence electrons. The Morgan fingerprint density at radius 2 is 0.800 bits per heavy atom. The van der Waals surface area contributed by atoms with Gasteiger partial charge in [0.15, 0.2) is 25.1 Å². The van der Waals surface area contributed by atoms with Crippen molar-refractivity contribution in [3.05, 3.63) is 0 Å². The Kier molecular flexibility index (Phi) is 705. The van der Waals surface area contributed by atoms with E-state index in [1.165, 1.54) is 0 Å². The van der Waals surface area contributed by atoms with Gasteiger partial charge in [-0.05, 0) is 0 Å². The minimum atomic E-state index is 0. The van der Waals surface area contributed by atoms with E-state index in [2.05, 4.69) is 25.1 Å². The van der Waals surface area contributed by atoms with Crippen LogP contribution in [0.2, 0.25) is 0 Å². The predicted octanol–water partition coefficient (Wildman–Crippen LogP) is -0.675. The van der Waals surface area contributed by atoms with Crippen LogP contribution in [0.25, 0.3) is 0 Å². The fraction of sp³-hybridized carbons (Fsp3) is 0. The van der Waals surface area contributed by atoms with Crippen molar-refractivity contribution in [3.63, 3.8) is 0 Å². The molecule has 0 N–H and O–H groups in total. The first-order valence-corrected chi connectivity index (χ1v) is 1.00. The maximum atomic E-state index is 7.83. The van der Waals surface area contributed by atoms with E-state index in [-0.39, 0.29) is 16.5 Å². The van der Waals surface area contributed by atoms with E-state index < -0.39 is 0 Å². The number of hydrogen-bond donors (Lipinski definition) is 0. The van der Waals surface area contributed by atoms with Gasteiger partial charge in [-0.15, -0.1) is 0 Å². The standard InChI is InChI=1S/Ni.2OS/c;2*1-2. The summed E-state index contributed by atoms with van der Waals surface area (Å²) in [7, 11) is 0. The summed E-state index contributed by atoms with van der Waals surface area (Å²) in [6, 6.07) is 0. The van der Waals surface area contributed by atoms with Gasteiger partial charge in [0, 0.05) is 16.5 Å². The molecule has 0 aromatic rings. The SMILES string of the molecule is O=S.O=S.[Ni]. The molecule has 0 fully saturated rings. The number of rotatable bonds is 0. The van der Waals surface area contributed by atoms with Crippen LogP contribution in [-0.4, -0.2) is 8.42 Å². The van der Waals surface area contributed by atoms with Crippen LogP contribution in [0.15, 0.2) is 0 Å². The van der Waals surface area contributed by atoms with Crippen LogP contribution < -0.4 is 0 Å². The van der Waals surface area contributed by atoms with Crippen LogP contribution >= 0.6 is 0 Å². The van der Waals surface area contributed by atoms with Gasteiger partial charge in [0.1, 0.15) is 0 Å². The summed E-state index contributed by atoms with van der Waals surface area (Å²) in [5, 5.41) is 0. The molecule has 0 atom stereocenters. The summed E-state index contributed by atoms with van der Waals surface area (Å²) >= 11 is 5.67. The molecule has 0 aliphatic rings. The second-order valence-electron chi connectivity index (χ2n) is 0. The average molecular weight is 155 g/mol. The van der Waals surface area contributed by atoms with Crippen molar-refractivity contribution in [2.24, 2.45) is 0 Å². The number of hydrogen-bond acceptors (Lipinski definition) is 4. The zero-order valence-corrected chi connectivity index (χ0v) is 4.57. The summed E-state index contributed by atoms with van der Waals surface area (Å²) in [6.45, 7) is 0. The molecule has 2 nitrogen and oxygen atoms in total. The van der Waals surface area contributed by atoms with Gasteiger partial charge in [0.2, 0.25) is 0 Å². The molecule has 0 aliphatic carbocycles. The normalized spacial score (nSPS) is 1.60. The van der Waals surface area contributed by atoms with Crippen molar-refractivity contribution in [1.82, 2.24) is 0 Å². The smallest absolute Gasteiger partial charge is 0.197 e. The minimum absolute atomic E-state index is 0. The second kappa shape index (κ2) is 199. The topological polar surface area (TPSA) is 34.1 Å². The molecule has 5 heavy (non-hydrogen) atoms. The molecule has 0 amide bonds. The van der Waals surface area contributed by atoms with Crippen LogP contribution in [0.5, 0.6) is 0 Å².